The largest absolute Gasteiger partial charge is 0.496 e. The molecule has 6 heteroatoms. The number of amides is 2. The number of para-hydroxylation sites is 1. The molecule has 2 amide bonds. The van der Waals surface area contributed by atoms with E-state index in [-0.39, 0.29) is 6.03 Å². The number of aromatic amines is 1. The average molecular weight is 312 g/mol. The van der Waals surface area contributed by atoms with Gasteiger partial charge in [-0.25, -0.2) is 4.79 Å². The van der Waals surface area contributed by atoms with Crippen LogP contribution >= 0.6 is 0 Å². The summed E-state index contributed by atoms with van der Waals surface area (Å²) < 4.78 is 5.41. The zero-order chi connectivity index (χ0) is 16.2. The number of nitrogens with one attached hydrogen (secondary N) is 3. The lowest BCUT2D eigenvalue weighted by molar-refractivity contribution is 0.253. The summed E-state index contributed by atoms with van der Waals surface area (Å²) in [7, 11) is 1.62. The van der Waals surface area contributed by atoms with Gasteiger partial charge in [-0.3, -0.25) is 5.10 Å². The molecule has 1 aromatic carbocycles. The highest BCUT2D eigenvalue weighted by atomic mass is 16.5. The average Bonchev–Trinajstić information content (AvgIpc) is 3.34. The van der Waals surface area contributed by atoms with Crippen molar-refractivity contribution in [2.75, 3.05) is 19.0 Å². The van der Waals surface area contributed by atoms with E-state index in [1.54, 1.807) is 13.2 Å². The molecule has 3 N–H and O–H groups in total. The van der Waals surface area contributed by atoms with Gasteiger partial charge in [0, 0.05) is 18.0 Å². The molecule has 1 fully saturated rings. The monoisotopic (exact) mass is 312 g/mol. The Labute approximate surface area is 134 Å². The maximum atomic E-state index is 12.1. The van der Waals surface area contributed by atoms with E-state index in [9.17, 15) is 4.79 Å². The van der Waals surface area contributed by atoms with Crippen LogP contribution in [0, 0.1) is 0 Å². The number of aromatic nitrogens is 2. The quantitative estimate of drug-likeness (QED) is 0.716. The minimum atomic E-state index is -0.274. The minimum Gasteiger partial charge on any atom is -0.496 e. The van der Waals surface area contributed by atoms with Crippen molar-refractivity contribution in [1.82, 2.24) is 15.5 Å². The first-order valence-electron chi connectivity index (χ1n) is 7.62. The topological polar surface area (TPSA) is 79.0 Å². The van der Waals surface area contributed by atoms with Gasteiger partial charge in [-0.1, -0.05) is 18.2 Å². The number of rotatable bonds is 6. The molecule has 0 spiro atoms. The van der Waals surface area contributed by atoms with Gasteiger partial charge in [0.2, 0.25) is 0 Å². The molecule has 0 aliphatic heterocycles. The molecule has 1 aliphatic carbocycles. The maximum absolute atomic E-state index is 12.1. The first-order valence-corrected chi connectivity index (χ1v) is 7.62. The Balaban J connectivity index is 1.97. The molecule has 2 aromatic rings. The Kier molecular flexibility index (Phi) is 4.32. The molecule has 0 bridgehead atoms. The van der Waals surface area contributed by atoms with Gasteiger partial charge in [0.15, 0.2) is 0 Å². The number of benzene rings is 1. The maximum Gasteiger partial charge on any atom is 0.319 e. The predicted octanol–water partition coefficient (Wildman–Crippen LogP) is 3.27. The van der Waals surface area contributed by atoms with E-state index in [0.29, 0.717) is 18.2 Å². The van der Waals surface area contributed by atoms with Crippen LogP contribution in [-0.4, -0.2) is 29.9 Å². The fourth-order valence-corrected chi connectivity index (χ4v) is 2.51. The highest BCUT2D eigenvalue weighted by Crippen LogP contribution is 2.46. The van der Waals surface area contributed by atoms with E-state index in [1.807, 2.05) is 24.3 Å². The molecular formula is C17H20N4O2. The molecule has 0 unspecified atom stereocenters. The molecule has 1 saturated carbocycles. The number of carbonyl (C=O) groups is 1. The van der Waals surface area contributed by atoms with Gasteiger partial charge in [-0.15, -0.1) is 6.58 Å². The molecule has 6 nitrogen and oxygen atoms in total. The number of anilines is 1. The Hall–Kier alpha value is -2.76. The van der Waals surface area contributed by atoms with Crippen molar-refractivity contribution in [1.29, 1.82) is 0 Å². The van der Waals surface area contributed by atoms with E-state index in [4.69, 9.17) is 4.74 Å². The van der Waals surface area contributed by atoms with Gasteiger partial charge in [-0.05, 0) is 25.0 Å². The van der Waals surface area contributed by atoms with E-state index in [1.165, 1.54) is 0 Å². The van der Waals surface area contributed by atoms with Crippen LogP contribution in [0.2, 0.25) is 0 Å². The van der Waals surface area contributed by atoms with Crippen LogP contribution in [0.3, 0.4) is 0 Å². The number of H-pyrrole nitrogens is 1. The molecule has 1 aromatic heterocycles. The number of nitrogens with zero attached hydrogens (tertiary/aromatic N) is 1. The third-order valence-electron chi connectivity index (χ3n) is 3.79. The van der Waals surface area contributed by atoms with Gasteiger partial charge < -0.3 is 15.4 Å². The van der Waals surface area contributed by atoms with Crippen molar-refractivity contribution in [3.05, 3.63) is 42.6 Å². The second-order valence-corrected chi connectivity index (χ2v) is 5.46. The molecule has 120 valence electrons. The van der Waals surface area contributed by atoms with Crippen molar-refractivity contribution in [3.8, 4) is 17.0 Å². The lowest BCUT2D eigenvalue weighted by Crippen LogP contribution is -2.29. The van der Waals surface area contributed by atoms with Crippen molar-refractivity contribution < 1.29 is 9.53 Å². The SMILES string of the molecule is C=CCNC(=O)Nc1c(-c2ccccc2OC)n[nH]c1C1CC1. The summed E-state index contributed by atoms with van der Waals surface area (Å²) in [5, 5.41) is 13.1. The standard InChI is InChI=1S/C17H20N4O2/c1-3-10-18-17(22)19-16-14(11-8-9-11)20-21-15(16)12-6-4-5-7-13(12)23-2/h3-7,11H,1,8-10H2,2H3,(H,20,21)(H2,18,19,22). The van der Waals surface area contributed by atoms with E-state index in [0.717, 1.165) is 35.5 Å². The Morgan fingerprint density at radius 1 is 1.48 bits per heavy atom. The Morgan fingerprint density at radius 2 is 2.26 bits per heavy atom. The highest BCUT2D eigenvalue weighted by molar-refractivity contribution is 5.95. The van der Waals surface area contributed by atoms with Crippen molar-refractivity contribution in [2.45, 2.75) is 18.8 Å². The summed E-state index contributed by atoms with van der Waals surface area (Å²) in [6.45, 7) is 4.00. The first kappa shape index (κ1) is 15.1. The molecule has 0 radical (unpaired) electrons. The van der Waals surface area contributed by atoms with Crippen molar-refractivity contribution in [2.24, 2.45) is 0 Å². The van der Waals surface area contributed by atoms with Gasteiger partial charge in [0.1, 0.15) is 11.4 Å². The first-order chi connectivity index (χ1) is 11.2. The van der Waals surface area contributed by atoms with E-state index >= 15 is 0 Å². The number of urea groups is 1. The van der Waals surface area contributed by atoms with Crippen molar-refractivity contribution >= 4 is 11.7 Å². The Bertz CT molecular complexity index is 719. The van der Waals surface area contributed by atoms with Gasteiger partial charge in [0.25, 0.3) is 0 Å². The van der Waals surface area contributed by atoms with E-state index in [2.05, 4.69) is 27.4 Å². The van der Waals surface area contributed by atoms with Gasteiger partial charge in [-0.2, -0.15) is 5.10 Å². The highest BCUT2D eigenvalue weighted by Gasteiger charge is 2.31. The summed E-state index contributed by atoms with van der Waals surface area (Å²) in [4.78, 5) is 12.1. The van der Waals surface area contributed by atoms with Gasteiger partial charge in [0.05, 0.1) is 18.5 Å². The number of ether oxygens (including phenoxy) is 1. The molecule has 1 heterocycles. The van der Waals surface area contributed by atoms with Crippen LogP contribution in [0.1, 0.15) is 24.5 Å². The number of methoxy groups -OCH3 is 1. The fourth-order valence-electron chi connectivity index (χ4n) is 2.51. The number of carbonyl (C=O) groups excluding carboxylic acids is 1. The number of hydrogen-bond acceptors (Lipinski definition) is 3. The molecular weight excluding hydrogens is 292 g/mol. The van der Waals surface area contributed by atoms with Crippen LogP contribution < -0.4 is 15.4 Å². The van der Waals surface area contributed by atoms with Crippen LogP contribution in [0.5, 0.6) is 5.75 Å². The molecule has 0 saturated heterocycles. The van der Waals surface area contributed by atoms with Crippen LogP contribution in [0.25, 0.3) is 11.3 Å². The smallest absolute Gasteiger partial charge is 0.319 e. The summed E-state index contributed by atoms with van der Waals surface area (Å²) in [5.41, 5.74) is 3.23. The fraction of sp³-hybridized carbons (Fsp3) is 0.294. The zero-order valence-electron chi connectivity index (χ0n) is 13.1. The van der Waals surface area contributed by atoms with E-state index < -0.39 is 0 Å². The third kappa shape index (κ3) is 3.21. The lowest BCUT2D eigenvalue weighted by atomic mass is 10.1. The van der Waals surface area contributed by atoms with Crippen LogP contribution in [0.15, 0.2) is 36.9 Å². The lowest BCUT2D eigenvalue weighted by Gasteiger charge is -2.11. The minimum absolute atomic E-state index is 0.274. The second kappa shape index (κ2) is 6.56. The molecule has 0 atom stereocenters. The molecule has 1 aliphatic rings. The predicted molar refractivity (Wildman–Crippen MR) is 89.8 cm³/mol. The van der Waals surface area contributed by atoms with Crippen molar-refractivity contribution in [3.63, 3.8) is 0 Å². The van der Waals surface area contributed by atoms with Gasteiger partial charge >= 0.3 is 6.03 Å². The molecule has 23 heavy (non-hydrogen) atoms. The zero-order valence-corrected chi connectivity index (χ0v) is 13.1. The molecule has 3 rings (SSSR count). The summed E-state index contributed by atoms with van der Waals surface area (Å²) in [5.74, 6) is 1.15. The van der Waals surface area contributed by atoms with Crippen LogP contribution in [-0.2, 0) is 0 Å². The Morgan fingerprint density at radius 3 is 2.96 bits per heavy atom. The summed E-state index contributed by atoms with van der Waals surface area (Å²) >= 11 is 0. The third-order valence-corrected chi connectivity index (χ3v) is 3.79. The summed E-state index contributed by atoms with van der Waals surface area (Å²) in [6.07, 6.45) is 3.85. The normalized spacial score (nSPS) is 13.4. The van der Waals surface area contributed by atoms with Crippen LogP contribution in [0.4, 0.5) is 10.5 Å². The second-order valence-electron chi connectivity index (χ2n) is 5.46. The summed E-state index contributed by atoms with van der Waals surface area (Å²) in [6, 6.07) is 7.36. The number of hydrogen-bond donors (Lipinski definition) is 3.